The van der Waals surface area contributed by atoms with Crippen LogP contribution in [0.4, 0.5) is 5.69 Å². The molecule has 0 bridgehead atoms. The second kappa shape index (κ2) is 6.40. The summed E-state index contributed by atoms with van der Waals surface area (Å²) in [5.74, 6) is 0. The van der Waals surface area contributed by atoms with E-state index >= 15 is 0 Å². The van der Waals surface area contributed by atoms with Crippen molar-refractivity contribution in [2.45, 2.75) is 57.8 Å². The summed E-state index contributed by atoms with van der Waals surface area (Å²) in [5.41, 5.74) is 1.50. The van der Waals surface area contributed by atoms with Crippen LogP contribution in [0.2, 0.25) is 0 Å². The zero-order chi connectivity index (χ0) is 17.4. The van der Waals surface area contributed by atoms with Gasteiger partial charge in [-0.2, -0.15) is 5.26 Å². The molecule has 1 aromatic carbocycles. The second-order valence-corrected chi connectivity index (χ2v) is 7.53. The molecule has 0 spiro atoms. The summed E-state index contributed by atoms with van der Waals surface area (Å²) in [6.45, 7) is 9.63. The zero-order valence-corrected chi connectivity index (χ0v) is 14.9. The number of anilines is 1. The molecule has 3 rings (SSSR count). The number of nitrogens with zero attached hydrogens (tertiary/aromatic N) is 1. The minimum Gasteiger partial charge on any atom is -0.399 e. The van der Waals surface area contributed by atoms with Gasteiger partial charge in [0.2, 0.25) is 0 Å². The van der Waals surface area contributed by atoms with Crippen molar-refractivity contribution in [3.8, 4) is 6.07 Å². The van der Waals surface area contributed by atoms with E-state index in [0.717, 1.165) is 37.2 Å². The molecule has 1 N–H and O–H groups in total. The van der Waals surface area contributed by atoms with Crippen LogP contribution in [0.1, 0.15) is 46.1 Å². The van der Waals surface area contributed by atoms with Gasteiger partial charge in [-0.1, -0.05) is 6.07 Å². The van der Waals surface area contributed by atoms with E-state index in [1.807, 2.05) is 45.9 Å². The van der Waals surface area contributed by atoms with Crippen molar-refractivity contribution in [3.05, 3.63) is 23.8 Å². The molecule has 2 fully saturated rings. The Kier molecular flexibility index (Phi) is 4.61. The predicted octanol–water partition coefficient (Wildman–Crippen LogP) is 2.45. The van der Waals surface area contributed by atoms with Gasteiger partial charge in [0.15, 0.2) is 0 Å². The number of hydrogen-bond acceptors (Lipinski definition) is 5. The van der Waals surface area contributed by atoms with Crippen LogP contribution in [0, 0.1) is 11.3 Å². The standard InChI is InChI=1S/C18H25BN2O3/c1-17(2)18(3,4)24-19(23-17)16-6-5-15(11-13(16)12-20)21-14-7-9-22-10-8-14/h5-6,11,14,21H,7-10H2,1-4H3. The lowest BCUT2D eigenvalue weighted by Gasteiger charge is -2.32. The normalized spacial score (nSPS) is 23.0. The molecular formula is C18H25BN2O3. The smallest absolute Gasteiger partial charge is 0.399 e. The molecule has 0 unspecified atom stereocenters. The second-order valence-electron chi connectivity index (χ2n) is 7.53. The van der Waals surface area contributed by atoms with E-state index in [0.29, 0.717) is 11.6 Å². The topological polar surface area (TPSA) is 63.5 Å². The molecule has 2 aliphatic heterocycles. The summed E-state index contributed by atoms with van der Waals surface area (Å²) in [6, 6.07) is 8.49. The number of benzene rings is 1. The molecule has 128 valence electrons. The predicted molar refractivity (Wildman–Crippen MR) is 94.3 cm³/mol. The van der Waals surface area contributed by atoms with Gasteiger partial charge in [0.1, 0.15) is 0 Å². The first kappa shape index (κ1) is 17.3. The maximum absolute atomic E-state index is 9.56. The van der Waals surface area contributed by atoms with Crippen LogP contribution in [0.5, 0.6) is 0 Å². The highest BCUT2D eigenvalue weighted by atomic mass is 16.7. The van der Waals surface area contributed by atoms with Crippen molar-refractivity contribution >= 4 is 18.3 Å². The number of rotatable bonds is 3. The molecule has 0 amide bonds. The van der Waals surface area contributed by atoms with Crippen LogP contribution in [-0.2, 0) is 14.0 Å². The molecule has 1 aromatic rings. The van der Waals surface area contributed by atoms with Crippen molar-refractivity contribution in [1.29, 1.82) is 5.26 Å². The Balaban J connectivity index is 1.79. The van der Waals surface area contributed by atoms with Gasteiger partial charge in [-0.25, -0.2) is 0 Å². The maximum atomic E-state index is 9.56. The SMILES string of the molecule is CC1(C)OB(c2ccc(NC3CCOCC3)cc2C#N)OC1(C)C. The van der Waals surface area contributed by atoms with Gasteiger partial charge in [-0.05, 0) is 52.7 Å². The van der Waals surface area contributed by atoms with Crippen molar-refractivity contribution in [1.82, 2.24) is 0 Å². The molecule has 0 saturated carbocycles. The van der Waals surface area contributed by atoms with Crippen LogP contribution >= 0.6 is 0 Å². The lowest BCUT2D eigenvalue weighted by Crippen LogP contribution is -2.41. The Hall–Kier alpha value is -1.55. The molecule has 2 aliphatic rings. The minimum absolute atomic E-state index is 0.396. The van der Waals surface area contributed by atoms with E-state index in [1.54, 1.807) is 0 Å². The first-order valence-electron chi connectivity index (χ1n) is 8.56. The minimum atomic E-state index is -0.512. The van der Waals surface area contributed by atoms with E-state index < -0.39 is 18.3 Å². The molecule has 0 atom stereocenters. The van der Waals surface area contributed by atoms with Crippen LogP contribution in [0.3, 0.4) is 0 Å². The highest BCUT2D eigenvalue weighted by Gasteiger charge is 2.52. The molecule has 2 saturated heterocycles. The third-order valence-corrected chi connectivity index (χ3v) is 5.27. The molecule has 0 aromatic heterocycles. The maximum Gasteiger partial charge on any atom is 0.496 e. The van der Waals surface area contributed by atoms with Crippen molar-refractivity contribution < 1.29 is 14.0 Å². The van der Waals surface area contributed by atoms with E-state index in [9.17, 15) is 5.26 Å². The van der Waals surface area contributed by atoms with Gasteiger partial charge < -0.3 is 19.4 Å². The molecule has 6 heteroatoms. The molecule has 0 aliphatic carbocycles. The summed E-state index contributed by atoms with van der Waals surface area (Å²) in [4.78, 5) is 0. The molecule has 0 radical (unpaired) electrons. The van der Waals surface area contributed by atoms with Crippen LogP contribution < -0.4 is 10.8 Å². The fourth-order valence-electron chi connectivity index (χ4n) is 3.00. The summed E-state index contributed by atoms with van der Waals surface area (Å²) in [5, 5.41) is 13.1. The zero-order valence-electron chi connectivity index (χ0n) is 14.9. The fourth-order valence-corrected chi connectivity index (χ4v) is 3.00. The summed E-state index contributed by atoms with van der Waals surface area (Å²) in [6.07, 6.45) is 1.97. The van der Waals surface area contributed by atoms with Gasteiger partial charge >= 0.3 is 7.12 Å². The van der Waals surface area contributed by atoms with Crippen molar-refractivity contribution in [3.63, 3.8) is 0 Å². The number of hydrogen-bond donors (Lipinski definition) is 1. The first-order chi connectivity index (χ1) is 11.3. The average Bonchev–Trinajstić information content (AvgIpc) is 2.76. The number of nitriles is 1. The molecular weight excluding hydrogens is 303 g/mol. The van der Waals surface area contributed by atoms with E-state index in [4.69, 9.17) is 14.0 Å². The van der Waals surface area contributed by atoms with Crippen LogP contribution in [0.15, 0.2) is 18.2 Å². The third kappa shape index (κ3) is 3.30. The lowest BCUT2D eigenvalue weighted by molar-refractivity contribution is 0.00578. The van der Waals surface area contributed by atoms with Gasteiger partial charge in [-0.15, -0.1) is 0 Å². The van der Waals surface area contributed by atoms with Gasteiger partial charge in [0, 0.05) is 30.4 Å². The van der Waals surface area contributed by atoms with E-state index in [2.05, 4.69) is 11.4 Å². The summed E-state index contributed by atoms with van der Waals surface area (Å²) >= 11 is 0. The quantitative estimate of drug-likeness (QED) is 0.864. The van der Waals surface area contributed by atoms with Gasteiger partial charge in [0.05, 0.1) is 22.8 Å². The van der Waals surface area contributed by atoms with Crippen LogP contribution in [0.25, 0.3) is 0 Å². The van der Waals surface area contributed by atoms with Gasteiger partial charge in [-0.3, -0.25) is 0 Å². The third-order valence-electron chi connectivity index (χ3n) is 5.27. The monoisotopic (exact) mass is 328 g/mol. The Morgan fingerprint density at radius 2 is 1.75 bits per heavy atom. The molecule has 2 heterocycles. The Labute approximate surface area is 144 Å². The largest absolute Gasteiger partial charge is 0.496 e. The summed E-state index contributed by atoms with van der Waals surface area (Å²) < 4.78 is 17.5. The fraction of sp³-hybridized carbons (Fsp3) is 0.611. The number of ether oxygens (including phenoxy) is 1. The Morgan fingerprint density at radius 3 is 2.33 bits per heavy atom. The average molecular weight is 328 g/mol. The highest BCUT2D eigenvalue weighted by Crippen LogP contribution is 2.36. The molecule has 5 nitrogen and oxygen atoms in total. The van der Waals surface area contributed by atoms with E-state index in [-0.39, 0.29) is 0 Å². The summed E-state index contributed by atoms with van der Waals surface area (Å²) in [7, 11) is -0.512. The highest BCUT2D eigenvalue weighted by molar-refractivity contribution is 6.62. The van der Waals surface area contributed by atoms with Crippen molar-refractivity contribution in [2.24, 2.45) is 0 Å². The van der Waals surface area contributed by atoms with Gasteiger partial charge in [0.25, 0.3) is 0 Å². The number of nitrogens with one attached hydrogen (secondary N) is 1. The Bertz CT molecular complexity index is 632. The van der Waals surface area contributed by atoms with E-state index in [1.165, 1.54) is 0 Å². The first-order valence-corrected chi connectivity index (χ1v) is 8.56. The molecule has 24 heavy (non-hydrogen) atoms. The Morgan fingerprint density at radius 1 is 1.12 bits per heavy atom. The van der Waals surface area contributed by atoms with Crippen molar-refractivity contribution in [2.75, 3.05) is 18.5 Å². The lowest BCUT2D eigenvalue weighted by atomic mass is 9.76. The van der Waals surface area contributed by atoms with Crippen LogP contribution in [-0.4, -0.2) is 37.6 Å².